The molecular weight excluding hydrogens is 128 g/mol. The predicted octanol–water partition coefficient (Wildman–Crippen LogP) is 2.80. The molecule has 0 radical (unpaired) electrons. The lowest BCUT2D eigenvalue weighted by molar-refractivity contribution is 0.747. The minimum Gasteiger partial charge on any atom is -0.152 e. The average Bonchev–Trinajstić information content (AvgIpc) is 2.35. The number of rotatable bonds is 0. The molecule has 1 unspecified atom stereocenters. The van der Waals surface area contributed by atoms with E-state index in [-0.39, 0.29) is 0 Å². The van der Waals surface area contributed by atoms with Gasteiger partial charge in [-0.2, -0.15) is 11.3 Å². The monoisotopic (exact) mass is 138 g/mol. The van der Waals surface area contributed by atoms with Crippen molar-refractivity contribution in [3.05, 3.63) is 21.9 Å². The Morgan fingerprint density at radius 1 is 1.56 bits per heavy atom. The van der Waals surface area contributed by atoms with Gasteiger partial charge in [-0.05, 0) is 40.6 Å². The molecular formula is C8H10S. The third-order valence-corrected chi connectivity index (χ3v) is 2.96. The molecule has 1 aromatic heterocycles. The normalized spacial score (nSPS) is 24.3. The second kappa shape index (κ2) is 1.84. The Labute approximate surface area is 59.5 Å². The van der Waals surface area contributed by atoms with Gasteiger partial charge in [0.15, 0.2) is 0 Å². The van der Waals surface area contributed by atoms with Crippen molar-refractivity contribution in [3.8, 4) is 0 Å². The van der Waals surface area contributed by atoms with Crippen LogP contribution in [0.5, 0.6) is 0 Å². The van der Waals surface area contributed by atoms with Crippen molar-refractivity contribution >= 4 is 11.3 Å². The summed E-state index contributed by atoms with van der Waals surface area (Å²) in [6.07, 6.45) is 2.69. The van der Waals surface area contributed by atoms with E-state index in [1.54, 1.807) is 11.1 Å². The number of hydrogen-bond acceptors (Lipinski definition) is 1. The standard InChI is InChI=1S/C8H10S/c1-6-2-3-7-4-9-5-8(6)7/h4-6H,2-3H2,1H3. The maximum atomic E-state index is 2.32. The van der Waals surface area contributed by atoms with E-state index in [0.717, 1.165) is 5.92 Å². The van der Waals surface area contributed by atoms with Gasteiger partial charge in [0.1, 0.15) is 0 Å². The van der Waals surface area contributed by atoms with Crippen LogP contribution in [0.1, 0.15) is 30.4 Å². The zero-order valence-electron chi connectivity index (χ0n) is 5.55. The summed E-state index contributed by atoms with van der Waals surface area (Å²) >= 11 is 1.85. The highest BCUT2D eigenvalue weighted by atomic mass is 32.1. The Morgan fingerprint density at radius 3 is 3.22 bits per heavy atom. The molecule has 0 nitrogen and oxygen atoms in total. The van der Waals surface area contributed by atoms with Crippen molar-refractivity contribution in [2.24, 2.45) is 0 Å². The van der Waals surface area contributed by atoms with Crippen LogP contribution < -0.4 is 0 Å². The van der Waals surface area contributed by atoms with Crippen molar-refractivity contribution in [3.63, 3.8) is 0 Å². The fraction of sp³-hybridized carbons (Fsp3) is 0.500. The van der Waals surface area contributed by atoms with E-state index in [4.69, 9.17) is 0 Å². The van der Waals surface area contributed by atoms with Crippen LogP contribution in [0, 0.1) is 0 Å². The van der Waals surface area contributed by atoms with E-state index in [9.17, 15) is 0 Å². The Balaban J connectivity index is 2.49. The maximum absolute atomic E-state index is 2.32. The molecule has 1 atom stereocenters. The van der Waals surface area contributed by atoms with Crippen molar-refractivity contribution in [1.29, 1.82) is 0 Å². The van der Waals surface area contributed by atoms with Gasteiger partial charge in [-0.25, -0.2) is 0 Å². The maximum Gasteiger partial charge on any atom is -0.00557 e. The smallest absolute Gasteiger partial charge is 0.00557 e. The highest BCUT2D eigenvalue weighted by Gasteiger charge is 2.17. The molecule has 48 valence electrons. The van der Waals surface area contributed by atoms with Crippen LogP contribution in [-0.2, 0) is 6.42 Å². The van der Waals surface area contributed by atoms with E-state index in [2.05, 4.69) is 17.7 Å². The Hall–Kier alpha value is -0.300. The summed E-state index contributed by atoms with van der Waals surface area (Å²) in [5.74, 6) is 0.839. The van der Waals surface area contributed by atoms with E-state index < -0.39 is 0 Å². The summed E-state index contributed by atoms with van der Waals surface area (Å²) in [7, 11) is 0. The fourth-order valence-corrected chi connectivity index (χ4v) is 2.51. The van der Waals surface area contributed by atoms with E-state index in [1.165, 1.54) is 12.8 Å². The second-order valence-corrected chi connectivity index (χ2v) is 3.54. The molecule has 9 heavy (non-hydrogen) atoms. The van der Waals surface area contributed by atoms with Gasteiger partial charge in [0.05, 0.1) is 0 Å². The van der Waals surface area contributed by atoms with Gasteiger partial charge in [0, 0.05) is 0 Å². The Morgan fingerprint density at radius 2 is 2.44 bits per heavy atom. The molecule has 0 aromatic carbocycles. The molecule has 1 heteroatoms. The van der Waals surface area contributed by atoms with Crippen molar-refractivity contribution < 1.29 is 0 Å². The lowest BCUT2D eigenvalue weighted by Crippen LogP contribution is -1.80. The summed E-state index contributed by atoms with van der Waals surface area (Å²) in [4.78, 5) is 0. The number of hydrogen-bond donors (Lipinski definition) is 0. The van der Waals surface area contributed by atoms with Crippen molar-refractivity contribution in [2.45, 2.75) is 25.7 Å². The largest absolute Gasteiger partial charge is 0.152 e. The first-order valence-corrected chi connectivity index (χ1v) is 4.37. The minimum absolute atomic E-state index is 0.839. The molecule has 0 saturated heterocycles. The summed E-state index contributed by atoms with van der Waals surface area (Å²) in [6.45, 7) is 2.32. The first kappa shape index (κ1) is 5.48. The van der Waals surface area contributed by atoms with Gasteiger partial charge in [-0.1, -0.05) is 6.92 Å². The number of fused-ring (bicyclic) bond motifs is 1. The molecule has 1 aliphatic carbocycles. The summed E-state index contributed by atoms with van der Waals surface area (Å²) < 4.78 is 0. The van der Waals surface area contributed by atoms with Crippen LogP contribution in [0.3, 0.4) is 0 Å². The van der Waals surface area contributed by atoms with Crippen LogP contribution in [0.25, 0.3) is 0 Å². The molecule has 0 aliphatic heterocycles. The topological polar surface area (TPSA) is 0 Å². The third-order valence-electron chi connectivity index (χ3n) is 2.15. The van der Waals surface area contributed by atoms with Crippen molar-refractivity contribution in [2.75, 3.05) is 0 Å². The molecule has 0 N–H and O–H groups in total. The van der Waals surface area contributed by atoms with Crippen LogP contribution in [0.4, 0.5) is 0 Å². The van der Waals surface area contributed by atoms with Crippen LogP contribution >= 0.6 is 11.3 Å². The first-order chi connectivity index (χ1) is 4.38. The molecule has 2 rings (SSSR count). The second-order valence-electron chi connectivity index (χ2n) is 2.79. The van der Waals surface area contributed by atoms with Gasteiger partial charge in [0.25, 0.3) is 0 Å². The first-order valence-electron chi connectivity index (χ1n) is 3.43. The molecule has 0 spiro atoms. The molecule has 1 aromatic rings. The van der Waals surface area contributed by atoms with Crippen LogP contribution in [-0.4, -0.2) is 0 Å². The molecule has 0 bridgehead atoms. The SMILES string of the molecule is CC1CCc2cscc21. The summed E-state index contributed by atoms with van der Waals surface area (Å²) in [5.41, 5.74) is 3.22. The lowest BCUT2D eigenvalue weighted by Gasteiger charge is -1.96. The fourth-order valence-electron chi connectivity index (χ4n) is 1.50. The number of thiophene rings is 1. The molecule has 0 saturated carbocycles. The number of aryl methyl sites for hydroxylation is 1. The predicted molar refractivity (Wildman–Crippen MR) is 41.1 cm³/mol. The van der Waals surface area contributed by atoms with Gasteiger partial charge in [-0.3, -0.25) is 0 Å². The highest BCUT2D eigenvalue weighted by molar-refractivity contribution is 7.08. The van der Waals surface area contributed by atoms with Crippen molar-refractivity contribution in [1.82, 2.24) is 0 Å². The van der Waals surface area contributed by atoms with E-state index in [1.807, 2.05) is 11.3 Å². The summed E-state index contributed by atoms with van der Waals surface area (Å²) in [5, 5.41) is 4.59. The quantitative estimate of drug-likeness (QED) is 0.517. The zero-order chi connectivity index (χ0) is 6.27. The third kappa shape index (κ3) is 0.715. The van der Waals surface area contributed by atoms with Gasteiger partial charge >= 0.3 is 0 Å². The van der Waals surface area contributed by atoms with Gasteiger partial charge in [-0.15, -0.1) is 0 Å². The van der Waals surface area contributed by atoms with Gasteiger partial charge in [0.2, 0.25) is 0 Å². The average molecular weight is 138 g/mol. The highest BCUT2D eigenvalue weighted by Crippen LogP contribution is 2.34. The minimum atomic E-state index is 0.839. The van der Waals surface area contributed by atoms with Crippen LogP contribution in [0.2, 0.25) is 0 Å². The van der Waals surface area contributed by atoms with E-state index >= 15 is 0 Å². The van der Waals surface area contributed by atoms with Crippen LogP contribution in [0.15, 0.2) is 10.8 Å². The molecule has 0 fully saturated rings. The molecule has 1 aliphatic rings. The summed E-state index contributed by atoms with van der Waals surface area (Å²) in [6, 6.07) is 0. The zero-order valence-corrected chi connectivity index (χ0v) is 6.37. The Bertz CT molecular complexity index is 212. The Kier molecular flexibility index (Phi) is 1.12. The lowest BCUT2D eigenvalue weighted by atomic mass is 10.1. The van der Waals surface area contributed by atoms with Gasteiger partial charge < -0.3 is 0 Å². The van der Waals surface area contributed by atoms with E-state index in [0.29, 0.717) is 0 Å². The molecule has 0 amide bonds. The molecule has 1 heterocycles.